The number of halogens is 2. The lowest BCUT2D eigenvalue weighted by Crippen LogP contribution is -2.47. The molecule has 34 heavy (non-hydrogen) atoms. The van der Waals surface area contributed by atoms with Gasteiger partial charge in [0.1, 0.15) is 5.82 Å². The fourth-order valence-electron chi connectivity index (χ4n) is 5.16. The molecule has 0 spiro atoms. The molecule has 0 aromatic carbocycles. The fraction of sp³-hybridized carbons (Fsp3) is 0.478. The first-order valence-electron chi connectivity index (χ1n) is 11.5. The highest BCUT2D eigenvalue weighted by Crippen LogP contribution is 2.41. The Morgan fingerprint density at radius 1 is 1.26 bits per heavy atom. The number of nitrogens with one attached hydrogen (secondary N) is 1. The van der Waals surface area contributed by atoms with Crippen molar-refractivity contribution in [3.05, 3.63) is 51.8 Å². The summed E-state index contributed by atoms with van der Waals surface area (Å²) < 4.78 is 37.7. The van der Waals surface area contributed by atoms with Crippen LogP contribution in [0.5, 0.6) is 5.88 Å². The second-order valence-electron chi connectivity index (χ2n) is 9.07. The minimum atomic E-state index is -1.96. The van der Waals surface area contributed by atoms with Crippen LogP contribution in [-0.2, 0) is 18.8 Å². The third kappa shape index (κ3) is 3.85. The molecule has 0 unspecified atom stereocenters. The topological polar surface area (TPSA) is 85.2 Å². The maximum absolute atomic E-state index is 16.2. The highest BCUT2D eigenvalue weighted by atomic mass is 32.2. The van der Waals surface area contributed by atoms with Gasteiger partial charge in [0.15, 0.2) is 5.67 Å². The standard InChI is InChI=1S/C23H24F2N6O2S/c24-16-11-27-17-1-2-19(32)31-13-23(25,20(16)21(17)31)12-30-5-3-14(4-6-30)26-10-15-9-18-22(29-28-15)33-7-8-34-18/h1-2,9,11,14,26H,3-8,10,12-13H2/t23-/m1/s1. The number of likely N-dealkylation sites (tertiary alicyclic amines) is 1. The zero-order valence-corrected chi connectivity index (χ0v) is 19.3. The number of rotatable bonds is 5. The summed E-state index contributed by atoms with van der Waals surface area (Å²) in [7, 11) is 0. The molecule has 1 saturated heterocycles. The second kappa shape index (κ2) is 8.54. The molecule has 3 aromatic rings. The number of hydrogen-bond donors (Lipinski definition) is 1. The van der Waals surface area contributed by atoms with E-state index in [0.717, 1.165) is 35.4 Å². The van der Waals surface area contributed by atoms with Gasteiger partial charge in [0.05, 0.1) is 46.5 Å². The Bertz CT molecular complexity index is 1310. The van der Waals surface area contributed by atoms with Gasteiger partial charge in [-0.1, -0.05) is 0 Å². The van der Waals surface area contributed by atoms with Crippen LogP contribution in [0.4, 0.5) is 8.78 Å². The van der Waals surface area contributed by atoms with E-state index in [1.54, 1.807) is 11.8 Å². The smallest absolute Gasteiger partial charge is 0.251 e. The zero-order valence-electron chi connectivity index (χ0n) is 18.5. The minimum absolute atomic E-state index is 0.0386. The van der Waals surface area contributed by atoms with Crippen molar-refractivity contribution in [1.29, 1.82) is 0 Å². The third-order valence-electron chi connectivity index (χ3n) is 6.80. The molecule has 1 N–H and O–H groups in total. The predicted molar refractivity (Wildman–Crippen MR) is 123 cm³/mol. The molecule has 178 valence electrons. The first-order chi connectivity index (χ1) is 16.5. The summed E-state index contributed by atoms with van der Waals surface area (Å²) in [6.07, 6.45) is 2.73. The molecule has 8 nitrogen and oxygen atoms in total. The lowest BCUT2D eigenvalue weighted by molar-refractivity contribution is 0.0636. The Labute approximate surface area is 198 Å². The maximum atomic E-state index is 16.2. The van der Waals surface area contributed by atoms with Crippen molar-refractivity contribution in [3.8, 4) is 5.88 Å². The van der Waals surface area contributed by atoms with Gasteiger partial charge in [0.2, 0.25) is 5.88 Å². The summed E-state index contributed by atoms with van der Waals surface area (Å²) in [4.78, 5) is 19.4. The van der Waals surface area contributed by atoms with Crippen molar-refractivity contribution in [2.24, 2.45) is 0 Å². The number of thioether (sulfide) groups is 1. The summed E-state index contributed by atoms with van der Waals surface area (Å²) in [5.74, 6) is 0.820. The van der Waals surface area contributed by atoms with E-state index in [1.165, 1.54) is 16.7 Å². The van der Waals surface area contributed by atoms with Crippen LogP contribution in [0.3, 0.4) is 0 Å². The number of ether oxygens (including phenoxy) is 1. The van der Waals surface area contributed by atoms with Gasteiger partial charge >= 0.3 is 0 Å². The first kappa shape index (κ1) is 21.9. The van der Waals surface area contributed by atoms with Gasteiger partial charge in [0.25, 0.3) is 5.56 Å². The van der Waals surface area contributed by atoms with Crippen LogP contribution in [0.15, 0.2) is 34.1 Å². The minimum Gasteiger partial charge on any atom is -0.475 e. The van der Waals surface area contributed by atoms with Crippen molar-refractivity contribution >= 4 is 22.8 Å². The Kier molecular flexibility index (Phi) is 5.50. The van der Waals surface area contributed by atoms with Crippen LogP contribution in [0.2, 0.25) is 0 Å². The third-order valence-corrected chi connectivity index (χ3v) is 7.78. The maximum Gasteiger partial charge on any atom is 0.251 e. The van der Waals surface area contributed by atoms with Crippen molar-refractivity contribution in [3.63, 3.8) is 0 Å². The van der Waals surface area contributed by atoms with Crippen LogP contribution < -0.4 is 15.6 Å². The van der Waals surface area contributed by atoms with Gasteiger partial charge in [-0.2, -0.15) is 5.10 Å². The molecule has 0 radical (unpaired) electrons. The van der Waals surface area contributed by atoms with Gasteiger partial charge in [-0.15, -0.1) is 16.9 Å². The molecule has 1 fully saturated rings. The Morgan fingerprint density at radius 3 is 2.97 bits per heavy atom. The van der Waals surface area contributed by atoms with Crippen LogP contribution in [-0.4, -0.2) is 62.7 Å². The molecule has 6 rings (SSSR count). The van der Waals surface area contributed by atoms with Gasteiger partial charge < -0.3 is 14.6 Å². The molecule has 0 saturated carbocycles. The van der Waals surface area contributed by atoms with Gasteiger partial charge in [-0.3, -0.25) is 14.7 Å². The second-order valence-corrected chi connectivity index (χ2v) is 10.2. The SMILES string of the molecule is O=c1ccc2ncc(F)c3c2n1C[C@]3(F)CN1CCC(NCc2cc3c(nn2)OCCS3)CC1. The molecule has 3 aromatic heterocycles. The number of piperidine rings is 1. The monoisotopic (exact) mass is 486 g/mol. The quantitative estimate of drug-likeness (QED) is 0.588. The van der Waals surface area contributed by atoms with Gasteiger partial charge in [-0.05, 0) is 38.1 Å². The Hall–Kier alpha value is -2.63. The van der Waals surface area contributed by atoms with Gasteiger partial charge in [0, 0.05) is 31.0 Å². The summed E-state index contributed by atoms with van der Waals surface area (Å²) in [5.41, 5.74) is -0.748. The van der Waals surface area contributed by atoms with Crippen molar-refractivity contribution in [2.75, 3.05) is 32.0 Å². The van der Waals surface area contributed by atoms with E-state index in [-0.39, 0.29) is 35.8 Å². The highest BCUT2D eigenvalue weighted by molar-refractivity contribution is 7.99. The van der Waals surface area contributed by atoms with Crippen LogP contribution in [0.1, 0.15) is 24.1 Å². The van der Waals surface area contributed by atoms with Gasteiger partial charge in [-0.25, -0.2) is 8.78 Å². The molecule has 11 heteroatoms. The van der Waals surface area contributed by atoms with Crippen molar-refractivity contribution in [1.82, 2.24) is 30.0 Å². The van der Waals surface area contributed by atoms with Crippen LogP contribution in [0, 0.1) is 5.82 Å². The molecule has 3 aliphatic heterocycles. The van der Waals surface area contributed by atoms with E-state index < -0.39 is 11.5 Å². The number of aromatic nitrogens is 4. The average Bonchev–Trinajstić information content (AvgIpc) is 3.17. The summed E-state index contributed by atoms with van der Waals surface area (Å²) in [6.45, 7) is 2.50. The molecule has 0 aliphatic carbocycles. The van der Waals surface area contributed by atoms with E-state index in [2.05, 4.69) is 20.5 Å². The fourth-order valence-corrected chi connectivity index (χ4v) is 5.99. The molecular weight excluding hydrogens is 462 g/mol. The molecule has 0 amide bonds. The van der Waals surface area contributed by atoms with E-state index >= 15 is 4.39 Å². The average molecular weight is 487 g/mol. The number of pyridine rings is 2. The molecule has 6 heterocycles. The number of hydrogen-bond acceptors (Lipinski definition) is 8. The van der Waals surface area contributed by atoms with E-state index in [9.17, 15) is 9.18 Å². The Balaban J connectivity index is 1.09. The molecule has 0 bridgehead atoms. The highest BCUT2D eigenvalue weighted by Gasteiger charge is 2.45. The number of fused-ring (bicyclic) bond motifs is 1. The summed E-state index contributed by atoms with van der Waals surface area (Å²) in [6, 6.07) is 5.18. The normalized spacial score (nSPS) is 22.6. The summed E-state index contributed by atoms with van der Waals surface area (Å²) in [5, 5.41) is 11.9. The lowest BCUT2D eigenvalue weighted by Gasteiger charge is -2.36. The summed E-state index contributed by atoms with van der Waals surface area (Å²) >= 11 is 1.73. The lowest BCUT2D eigenvalue weighted by atomic mass is 9.95. The predicted octanol–water partition coefficient (Wildman–Crippen LogP) is 2.24. The number of alkyl halides is 1. The Morgan fingerprint density at radius 2 is 2.12 bits per heavy atom. The zero-order chi connectivity index (χ0) is 23.3. The van der Waals surface area contributed by atoms with E-state index in [1.807, 2.05) is 11.0 Å². The van der Waals surface area contributed by atoms with Crippen LogP contribution >= 0.6 is 11.8 Å². The molecule has 3 aliphatic rings. The first-order valence-corrected chi connectivity index (χ1v) is 12.4. The van der Waals surface area contributed by atoms with E-state index in [4.69, 9.17) is 4.74 Å². The number of nitrogens with zero attached hydrogens (tertiary/aromatic N) is 5. The molecule has 1 atom stereocenters. The van der Waals surface area contributed by atoms with E-state index in [0.29, 0.717) is 37.6 Å². The van der Waals surface area contributed by atoms with Crippen LogP contribution in [0.25, 0.3) is 11.0 Å². The molecular formula is C23H24F2N6O2S. The van der Waals surface area contributed by atoms with Crippen molar-refractivity contribution in [2.45, 2.75) is 42.5 Å². The van der Waals surface area contributed by atoms with Crippen molar-refractivity contribution < 1.29 is 13.5 Å². The largest absolute Gasteiger partial charge is 0.475 e.